The highest BCUT2D eigenvalue weighted by atomic mass is 16.5. The maximum Gasteiger partial charge on any atom is 0.219 e. The van der Waals surface area contributed by atoms with Crippen LogP contribution in [-0.2, 0) is 9.53 Å². The number of carbonyl (C=O) groups excluding carboxylic acids is 1. The van der Waals surface area contributed by atoms with E-state index >= 15 is 0 Å². The molecule has 0 atom stereocenters. The van der Waals surface area contributed by atoms with Gasteiger partial charge in [-0.15, -0.1) is 0 Å². The third-order valence-electron chi connectivity index (χ3n) is 3.71. The van der Waals surface area contributed by atoms with E-state index in [0.29, 0.717) is 0 Å². The average Bonchev–Trinajstić information content (AvgIpc) is 2.53. The molecule has 0 aliphatic carbocycles. The summed E-state index contributed by atoms with van der Waals surface area (Å²) in [5, 5.41) is 3.34. The largest absolute Gasteiger partial charge is 0.381 e. The third kappa shape index (κ3) is 7.11. The Balaban J connectivity index is 2.31. The number of nitrogens with one attached hydrogen (secondary N) is 1. The van der Waals surface area contributed by atoms with Gasteiger partial charge in [0.05, 0.1) is 0 Å². The Kier molecular flexibility index (Phi) is 9.62. The number of ether oxygens (including phenoxy) is 1. The van der Waals surface area contributed by atoms with Gasteiger partial charge in [0.1, 0.15) is 0 Å². The van der Waals surface area contributed by atoms with Crippen molar-refractivity contribution in [2.24, 2.45) is 4.99 Å². The van der Waals surface area contributed by atoms with E-state index in [-0.39, 0.29) is 5.91 Å². The van der Waals surface area contributed by atoms with Gasteiger partial charge in [0, 0.05) is 59.4 Å². The molecule has 1 saturated heterocycles. The zero-order valence-electron chi connectivity index (χ0n) is 14.4. The Morgan fingerprint density at radius 1 is 1.09 bits per heavy atom. The number of rotatable bonds is 8. The summed E-state index contributed by atoms with van der Waals surface area (Å²) in [4.78, 5) is 20.2. The van der Waals surface area contributed by atoms with Crippen molar-refractivity contribution in [3.8, 4) is 0 Å². The second-order valence-corrected chi connectivity index (χ2v) is 5.55. The molecule has 1 N–H and O–H groups in total. The zero-order valence-corrected chi connectivity index (χ0v) is 14.4. The van der Waals surface area contributed by atoms with Gasteiger partial charge >= 0.3 is 0 Å². The second-order valence-electron chi connectivity index (χ2n) is 5.55. The number of nitrogens with zero attached hydrogens (tertiary/aromatic N) is 3. The van der Waals surface area contributed by atoms with E-state index < -0.39 is 0 Å². The number of unbranched alkanes of at least 4 members (excludes halogenated alkanes) is 1. The number of carbonyl (C=O) groups is 1. The third-order valence-corrected chi connectivity index (χ3v) is 3.71. The first-order chi connectivity index (χ1) is 10.7. The van der Waals surface area contributed by atoms with Crippen molar-refractivity contribution >= 4 is 11.9 Å². The lowest BCUT2D eigenvalue weighted by atomic mass is 10.3. The second kappa shape index (κ2) is 11.3. The molecule has 0 aromatic carbocycles. The number of aliphatic imine (C=N–C) groups is 1. The predicted octanol–water partition coefficient (Wildman–Crippen LogP) is 1.32. The summed E-state index contributed by atoms with van der Waals surface area (Å²) in [5.41, 5.74) is 0. The SMILES string of the molecule is CCCCOCCCN=C(NCC)N1CCN(C(C)=O)CC1. The van der Waals surface area contributed by atoms with Crippen molar-refractivity contribution in [3.63, 3.8) is 0 Å². The van der Waals surface area contributed by atoms with Crippen LogP contribution in [0.3, 0.4) is 0 Å². The monoisotopic (exact) mass is 312 g/mol. The molecule has 0 radical (unpaired) electrons. The van der Waals surface area contributed by atoms with E-state index in [9.17, 15) is 4.79 Å². The molecule has 1 rings (SSSR count). The van der Waals surface area contributed by atoms with Gasteiger partial charge in [0.15, 0.2) is 5.96 Å². The Morgan fingerprint density at radius 2 is 1.73 bits per heavy atom. The number of hydrogen-bond donors (Lipinski definition) is 1. The maximum absolute atomic E-state index is 11.4. The van der Waals surface area contributed by atoms with Crippen LogP contribution < -0.4 is 5.32 Å². The van der Waals surface area contributed by atoms with E-state index in [4.69, 9.17) is 4.74 Å². The van der Waals surface area contributed by atoms with Crippen LogP contribution in [0.15, 0.2) is 4.99 Å². The minimum absolute atomic E-state index is 0.158. The van der Waals surface area contributed by atoms with Gasteiger partial charge in [-0.05, 0) is 19.8 Å². The lowest BCUT2D eigenvalue weighted by Crippen LogP contribution is -2.53. The molecular formula is C16H32N4O2. The number of amides is 1. The Labute approximate surface area is 134 Å². The van der Waals surface area contributed by atoms with Gasteiger partial charge < -0.3 is 19.9 Å². The van der Waals surface area contributed by atoms with Gasteiger partial charge in [-0.3, -0.25) is 9.79 Å². The van der Waals surface area contributed by atoms with Crippen molar-refractivity contribution in [1.29, 1.82) is 0 Å². The normalized spacial score (nSPS) is 16.0. The zero-order chi connectivity index (χ0) is 16.2. The summed E-state index contributed by atoms with van der Waals surface area (Å²) in [6.45, 7) is 12.4. The van der Waals surface area contributed by atoms with Crippen LogP contribution in [0.25, 0.3) is 0 Å². The maximum atomic E-state index is 11.4. The van der Waals surface area contributed by atoms with Crippen molar-refractivity contribution < 1.29 is 9.53 Å². The minimum Gasteiger partial charge on any atom is -0.381 e. The molecule has 0 aromatic heterocycles. The lowest BCUT2D eigenvalue weighted by Gasteiger charge is -2.36. The molecule has 22 heavy (non-hydrogen) atoms. The molecule has 1 aliphatic heterocycles. The highest BCUT2D eigenvalue weighted by molar-refractivity contribution is 5.80. The molecule has 1 heterocycles. The fraction of sp³-hybridized carbons (Fsp3) is 0.875. The highest BCUT2D eigenvalue weighted by Crippen LogP contribution is 2.03. The summed E-state index contributed by atoms with van der Waals surface area (Å²) in [5.74, 6) is 1.12. The van der Waals surface area contributed by atoms with Crippen molar-refractivity contribution in [1.82, 2.24) is 15.1 Å². The van der Waals surface area contributed by atoms with Gasteiger partial charge in [0.2, 0.25) is 5.91 Å². The van der Waals surface area contributed by atoms with Crippen molar-refractivity contribution in [3.05, 3.63) is 0 Å². The average molecular weight is 312 g/mol. The molecule has 1 fully saturated rings. The van der Waals surface area contributed by atoms with Gasteiger partial charge in [0.25, 0.3) is 0 Å². The van der Waals surface area contributed by atoms with Gasteiger partial charge in [-0.1, -0.05) is 13.3 Å². The Bertz CT molecular complexity index is 339. The number of guanidine groups is 1. The minimum atomic E-state index is 0.158. The fourth-order valence-corrected chi connectivity index (χ4v) is 2.36. The molecule has 1 aliphatic rings. The van der Waals surface area contributed by atoms with Crippen molar-refractivity contribution in [2.45, 2.75) is 40.0 Å². The molecule has 0 aromatic rings. The Morgan fingerprint density at radius 3 is 2.32 bits per heavy atom. The molecular weight excluding hydrogens is 280 g/mol. The smallest absolute Gasteiger partial charge is 0.219 e. The topological polar surface area (TPSA) is 57.2 Å². The molecule has 1 amide bonds. The van der Waals surface area contributed by atoms with E-state index in [2.05, 4.69) is 29.1 Å². The molecule has 0 saturated carbocycles. The molecule has 6 nitrogen and oxygen atoms in total. The summed E-state index contributed by atoms with van der Waals surface area (Å²) in [6, 6.07) is 0. The van der Waals surface area contributed by atoms with E-state index in [1.54, 1.807) is 6.92 Å². The molecule has 0 spiro atoms. The fourth-order valence-electron chi connectivity index (χ4n) is 2.36. The first kappa shape index (κ1) is 18.7. The molecule has 0 bridgehead atoms. The number of piperazine rings is 1. The van der Waals surface area contributed by atoms with Crippen LogP contribution in [0.5, 0.6) is 0 Å². The predicted molar refractivity (Wildman–Crippen MR) is 90.1 cm³/mol. The van der Waals surface area contributed by atoms with Crippen molar-refractivity contribution in [2.75, 3.05) is 52.5 Å². The van der Waals surface area contributed by atoms with Gasteiger partial charge in [-0.25, -0.2) is 0 Å². The van der Waals surface area contributed by atoms with Crippen LogP contribution >= 0.6 is 0 Å². The highest BCUT2D eigenvalue weighted by Gasteiger charge is 2.20. The first-order valence-corrected chi connectivity index (χ1v) is 8.55. The molecule has 0 unspecified atom stereocenters. The molecule has 128 valence electrons. The van der Waals surface area contributed by atoms with E-state index in [1.165, 1.54) is 6.42 Å². The quantitative estimate of drug-likeness (QED) is 0.417. The Hall–Kier alpha value is -1.30. The van der Waals surface area contributed by atoms with E-state index in [1.807, 2.05) is 4.90 Å². The van der Waals surface area contributed by atoms with Crippen LogP contribution in [0, 0.1) is 0 Å². The molecule has 6 heteroatoms. The van der Waals surface area contributed by atoms with E-state index in [0.717, 1.165) is 71.3 Å². The summed E-state index contributed by atoms with van der Waals surface area (Å²) < 4.78 is 5.55. The van der Waals surface area contributed by atoms with Crippen LogP contribution in [0.2, 0.25) is 0 Å². The number of hydrogen-bond acceptors (Lipinski definition) is 3. The summed E-state index contributed by atoms with van der Waals surface area (Å²) in [6.07, 6.45) is 3.26. The van der Waals surface area contributed by atoms with Crippen LogP contribution in [0.4, 0.5) is 0 Å². The van der Waals surface area contributed by atoms with Gasteiger partial charge in [-0.2, -0.15) is 0 Å². The van der Waals surface area contributed by atoms with Crippen LogP contribution in [-0.4, -0.2) is 74.1 Å². The summed E-state index contributed by atoms with van der Waals surface area (Å²) in [7, 11) is 0. The first-order valence-electron chi connectivity index (χ1n) is 8.55. The lowest BCUT2D eigenvalue weighted by molar-refractivity contribution is -0.130. The van der Waals surface area contributed by atoms with Crippen LogP contribution in [0.1, 0.15) is 40.0 Å². The summed E-state index contributed by atoms with van der Waals surface area (Å²) >= 11 is 0. The standard InChI is InChI=1S/C16H32N4O2/c1-4-6-13-22-14-7-8-18-16(17-5-2)20-11-9-19(10-12-20)15(3)21/h4-14H2,1-3H3,(H,17,18).